The average Bonchev–Trinajstić information content (AvgIpc) is 2.89. The highest BCUT2D eigenvalue weighted by Crippen LogP contribution is 2.33. The van der Waals surface area contributed by atoms with Gasteiger partial charge in [0.15, 0.2) is 12.7 Å². The van der Waals surface area contributed by atoms with E-state index in [0.717, 1.165) is 28.8 Å². The van der Waals surface area contributed by atoms with Crippen LogP contribution in [0.15, 0.2) is 90.7 Å². The van der Waals surface area contributed by atoms with Crippen LogP contribution in [0.5, 0.6) is 11.5 Å². The summed E-state index contributed by atoms with van der Waals surface area (Å²) in [6.45, 7) is 6.77. The van der Waals surface area contributed by atoms with Crippen molar-refractivity contribution in [1.82, 2.24) is 0 Å². The molecule has 4 heteroatoms. The second kappa shape index (κ2) is 9.22. The quantitative estimate of drug-likeness (QED) is 0.0958. The van der Waals surface area contributed by atoms with Crippen molar-refractivity contribution in [2.75, 3.05) is 21.3 Å². The number of aromatic nitrogens is 1. The molecule has 35 heavy (non-hydrogen) atoms. The van der Waals surface area contributed by atoms with Gasteiger partial charge in [-0.25, -0.2) is 4.58 Å². The Labute approximate surface area is 205 Å². The van der Waals surface area contributed by atoms with Gasteiger partial charge in [0.2, 0.25) is 11.0 Å². The maximum absolute atomic E-state index is 5.48. The van der Waals surface area contributed by atoms with Gasteiger partial charge in [-0.15, -0.1) is 0 Å². The van der Waals surface area contributed by atoms with Crippen LogP contribution >= 0.6 is 0 Å². The first-order valence-electron chi connectivity index (χ1n) is 11.7. The van der Waals surface area contributed by atoms with E-state index in [2.05, 4.69) is 85.0 Å². The van der Waals surface area contributed by atoms with Gasteiger partial charge in [-0.3, -0.25) is 0 Å². The molecule has 4 aromatic carbocycles. The van der Waals surface area contributed by atoms with Gasteiger partial charge in [-0.05, 0) is 83.1 Å². The molecule has 1 aromatic heterocycles. The van der Waals surface area contributed by atoms with Gasteiger partial charge < -0.3 is 9.47 Å². The number of ether oxygens (including phenoxy) is 2. The van der Waals surface area contributed by atoms with Gasteiger partial charge in [0.25, 0.3) is 0 Å². The summed E-state index contributed by atoms with van der Waals surface area (Å²) in [5, 5.41) is 7.17. The van der Waals surface area contributed by atoms with E-state index in [0.29, 0.717) is 0 Å². The van der Waals surface area contributed by atoms with Crippen molar-refractivity contribution in [3.05, 3.63) is 90.7 Å². The van der Waals surface area contributed by atoms with Crippen LogP contribution in [0.2, 0.25) is 0 Å². The van der Waals surface area contributed by atoms with Crippen LogP contribution in [0.25, 0.3) is 43.4 Å². The molecule has 0 atom stereocenters. The maximum Gasteiger partial charge on any atom is 0.213 e. The van der Waals surface area contributed by atoms with Crippen molar-refractivity contribution in [2.45, 2.75) is 13.5 Å². The normalized spacial score (nSPS) is 12.3. The van der Waals surface area contributed by atoms with Crippen LogP contribution in [0.3, 0.4) is 0 Å². The number of benzene rings is 4. The second-order valence-corrected chi connectivity index (χ2v) is 8.84. The number of hydrogen-bond acceptors (Lipinski definition) is 2. The van der Waals surface area contributed by atoms with Crippen molar-refractivity contribution in [3.63, 3.8) is 0 Å². The molecule has 0 radical (unpaired) electrons. The zero-order valence-corrected chi connectivity index (χ0v) is 20.7. The molecule has 0 bridgehead atoms. The molecule has 174 valence electrons. The summed E-state index contributed by atoms with van der Waals surface area (Å²) in [5.41, 5.74) is 3.60. The van der Waals surface area contributed by atoms with E-state index in [1.165, 1.54) is 38.2 Å². The molecule has 0 aliphatic carbocycles. The highest BCUT2D eigenvalue weighted by Gasteiger charge is 2.20. The third-order valence-corrected chi connectivity index (χ3v) is 6.62. The third-order valence-electron chi connectivity index (χ3n) is 6.62. The van der Waals surface area contributed by atoms with Gasteiger partial charge in [0.1, 0.15) is 25.3 Å². The smallest absolute Gasteiger partial charge is 0.213 e. The molecule has 0 fully saturated rings. The van der Waals surface area contributed by atoms with E-state index < -0.39 is 0 Å². The fourth-order valence-electron chi connectivity index (χ4n) is 4.76. The molecule has 0 spiro atoms. The summed E-state index contributed by atoms with van der Waals surface area (Å²) < 4.78 is 15.2. The van der Waals surface area contributed by atoms with Gasteiger partial charge in [-0.2, -0.15) is 4.57 Å². The number of allylic oxidation sites excluding steroid dienone is 3. The average molecular weight is 463 g/mol. The number of fused-ring (bicyclic) bond motifs is 6. The highest BCUT2D eigenvalue weighted by atomic mass is 16.5. The molecule has 0 aliphatic rings. The van der Waals surface area contributed by atoms with Crippen molar-refractivity contribution in [3.8, 4) is 11.5 Å². The Hall–Kier alpha value is -4.18. The van der Waals surface area contributed by atoms with Crippen molar-refractivity contribution < 1.29 is 18.6 Å². The molecule has 0 aliphatic heterocycles. The largest absolute Gasteiger partial charge is 0.497 e. The van der Waals surface area contributed by atoms with E-state index in [1.54, 1.807) is 14.2 Å². The fourth-order valence-corrected chi connectivity index (χ4v) is 4.76. The number of pyridine rings is 1. The van der Waals surface area contributed by atoms with Crippen LogP contribution in [0.1, 0.15) is 6.92 Å². The first-order chi connectivity index (χ1) is 17.0. The Morgan fingerprint density at radius 3 is 1.80 bits per heavy atom. The fraction of sp³-hybridized carbons (Fsp3) is 0.161. The summed E-state index contributed by atoms with van der Waals surface area (Å²) >= 11 is 0. The standard InChI is InChI=1S/C31H30N2O2/c1-6-21(15-16-32(2)3)20-33-30-13-7-22-17-24(34-4)9-11-26(22)28(30)19-29-27-12-10-25(35-5)18-23(27)8-14-31(29)33/h6-19H,2,20H2,1,3-5H3/q+2/b16-15-,21-6+. The zero-order chi connectivity index (χ0) is 24.5. The lowest BCUT2D eigenvalue weighted by molar-refractivity contribution is -0.636. The first-order valence-corrected chi connectivity index (χ1v) is 11.7. The Kier molecular flexibility index (Phi) is 5.96. The Morgan fingerprint density at radius 1 is 0.800 bits per heavy atom. The van der Waals surface area contributed by atoms with Crippen LogP contribution in [-0.2, 0) is 6.54 Å². The van der Waals surface area contributed by atoms with Crippen molar-refractivity contribution in [2.24, 2.45) is 0 Å². The molecule has 0 amide bonds. The topological polar surface area (TPSA) is 25.4 Å². The monoisotopic (exact) mass is 462 g/mol. The van der Waals surface area contributed by atoms with E-state index in [4.69, 9.17) is 9.47 Å². The Morgan fingerprint density at radius 2 is 1.34 bits per heavy atom. The molecule has 5 rings (SSSR count). The van der Waals surface area contributed by atoms with E-state index >= 15 is 0 Å². The predicted molar refractivity (Wildman–Crippen MR) is 146 cm³/mol. The predicted octanol–water partition coefficient (Wildman–Crippen LogP) is 6.41. The summed E-state index contributed by atoms with van der Waals surface area (Å²) in [4.78, 5) is 0. The van der Waals surface area contributed by atoms with Gasteiger partial charge in [0, 0.05) is 23.8 Å². The van der Waals surface area contributed by atoms with Crippen molar-refractivity contribution in [1.29, 1.82) is 0 Å². The molecule has 0 unspecified atom stereocenters. The zero-order valence-electron chi connectivity index (χ0n) is 20.7. The van der Waals surface area contributed by atoms with Crippen LogP contribution in [-0.4, -0.2) is 32.6 Å². The van der Waals surface area contributed by atoms with E-state index in [-0.39, 0.29) is 0 Å². The molecule has 0 saturated carbocycles. The lowest BCUT2D eigenvalue weighted by Gasteiger charge is -2.12. The molecule has 1 heterocycles. The third kappa shape index (κ3) is 4.12. The number of hydrogen-bond donors (Lipinski definition) is 0. The highest BCUT2D eigenvalue weighted by molar-refractivity contribution is 6.13. The van der Waals surface area contributed by atoms with Gasteiger partial charge in [-0.1, -0.05) is 6.08 Å². The number of nitrogens with zero attached hydrogens (tertiary/aromatic N) is 2. The molecule has 5 aromatic rings. The minimum Gasteiger partial charge on any atom is -0.497 e. The second-order valence-electron chi connectivity index (χ2n) is 8.84. The lowest BCUT2D eigenvalue weighted by Crippen LogP contribution is -2.36. The van der Waals surface area contributed by atoms with E-state index in [1.807, 2.05) is 30.0 Å². The minimum absolute atomic E-state index is 0.748. The lowest BCUT2D eigenvalue weighted by atomic mass is 9.99. The Bertz CT molecular complexity index is 1580. The summed E-state index contributed by atoms with van der Waals surface area (Å²) in [5.74, 6) is 1.73. The van der Waals surface area contributed by atoms with Crippen LogP contribution in [0.4, 0.5) is 0 Å². The first kappa shape index (κ1) is 22.6. The Balaban J connectivity index is 1.87. The maximum atomic E-state index is 5.48. The van der Waals surface area contributed by atoms with Crippen molar-refractivity contribution >= 4 is 50.1 Å². The van der Waals surface area contributed by atoms with E-state index in [9.17, 15) is 0 Å². The molecule has 4 nitrogen and oxygen atoms in total. The summed E-state index contributed by atoms with van der Waals surface area (Å²) in [6.07, 6.45) is 6.28. The van der Waals surface area contributed by atoms with Gasteiger partial charge in [0.05, 0.1) is 25.0 Å². The molecular weight excluding hydrogens is 432 g/mol. The summed E-state index contributed by atoms with van der Waals surface area (Å²) in [7, 11) is 5.35. The molecular formula is C31H30N2O2+2. The summed E-state index contributed by atoms with van der Waals surface area (Å²) in [6, 6.07) is 23.7. The van der Waals surface area contributed by atoms with Gasteiger partial charge >= 0.3 is 0 Å². The molecule has 0 saturated heterocycles. The van der Waals surface area contributed by atoms with Crippen LogP contribution < -0.4 is 14.0 Å². The number of rotatable bonds is 6. The number of methoxy groups -OCH3 is 2. The molecule has 0 N–H and O–H groups in total. The SMILES string of the molecule is C=[N+](C)/C=C\C(=C/C)C[n+]1c2ccc3cc(OC)ccc3c2cc2c3ccc(OC)cc3ccc21. The van der Waals surface area contributed by atoms with Crippen LogP contribution in [0, 0.1) is 0 Å². The minimum atomic E-state index is 0.748.